The van der Waals surface area contributed by atoms with E-state index in [2.05, 4.69) is 57.0 Å². The second-order valence-corrected chi connectivity index (χ2v) is 10.2. The highest BCUT2D eigenvalue weighted by molar-refractivity contribution is 7.80. The third-order valence-electron chi connectivity index (χ3n) is 6.56. The molecule has 0 spiro atoms. The molecule has 2 heterocycles. The van der Waals surface area contributed by atoms with E-state index in [0.717, 1.165) is 12.0 Å². The molecule has 1 saturated heterocycles. The zero-order valence-corrected chi connectivity index (χ0v) is 21.3. The van der Waals surface area contributed by atoms with Crippen LogP contribution in [-0.2, 0) is 9.59 Å². The van der Waals surface area contributed by atoms with Crippen LogP contribution in [0.2, 0.25) is 0 Å². The minimum atomic E-state index is -0.490. The Balaban J connectivity index is 1.72. The van der Waals surface area contributed by atoms with Gasteiger partial charge in [-0.25, -0.2) is 0 Å². The highest BCUT2D eigenvalue weighted by atomic mass is 32.1. The summed E-state index contributed by atoms with van der Waals surface area (Å²) in [6, 6.07) is 13.5. The lowest BCUT2D eigenvalue weighted by Gasteiger charge is -2.50. The van der Waals surface area contributed by atoms with E-state index in [9.17, 15) is 9.59 Å². The summed E-state index contributed by atoms with van der Waals surface area (Å²) in [4.78, 5) is 29.9. The molecule has 0 saturated carbocycles. The number of amides is 2. The van der Waals surface area contributed by atoms with Crippen molar-refractivity contribution in [2.45, 2.75) is 58.5 Å². The van der Waals surface area contributed by atoms with E-state index >= 15 is 0 Å². The van der Waals surface area contributed by atoms with Crippen molar-refractivity contribution in [1.29, 1.82) is 0 Å². The number of benzene rings is 2. The van der Waals surface area contributed by atoms with Gasteiger partial charge in [0.2, 0.25) is 0 Å². The quantitative estimate of drug-likeness (QED) is 0.380. The zero-order chi connectivity index (χ0) is 24.8. The van der Waals surface area contributed by atoms with E-state index in [4.69, 9.17) is 17.0 Å². The molecule has 0 radical (unpaired) electrons. The molecule has 2 aliphatic heterocycles. The maximum absolute atomic E-state index is 13.4. The first kappa shape index (κ1) is 24.0. The van der Waals surface area contributed by atoms with Gasteiger partial charge in [-0.1, -0.05) is 13.0 Å². The van der Waals surface area contributed by atoms with Gasteiger partial charge < -0.3 is 9.64 Å². The number of nitrogens with zero attached hydrogens (tertiary/aromatic N) is 2. The molecular formula is C27H31N3O3S. The van der Waals surface area contributed by atoms with Gasteiger partial charge in [0.25, 0.3) is 11.8 Å². The average Bonchev–Trinajstić information content (AvgIpc) is 2.76. The van der Waals surface area contributed by atoms with Gasteiger partial charge in [0, 0.05) is 17.3 Å². The van der Waals surface area contributed by atoms with Gasteiger partial charge in [0.15, 0.2) is 5.11 Å². The molecular weight excluding hydrogens is 446 g/mol. The topological polar surface area (TPSA) is 61.9 Å². The van der Waals surface area contributed by atoms with E-state index in [0.29, 0.717) is 23.4 Å². The van der Waals surface area contributed by atoms with Crippen LogP contribution in [-0.4, -0.2) is 35.6 Å². The number of rotatable bonds is 4. The van der Waals surface area contributed by atoms with Crippen molar-refractivity contribution in [3.05, 3.63) is 59.2 Å². The number of hydrogen-bond acceptors (Lipinski definition) is 5. The molecule has 2 aliphatic rings. The fourth-order valence-corrected chi connectivity index (χ4v) is 5.61. The fourth-order valence-electron chi connectivity index (χ4n) is 5.33. The third-order valence-corrected chi connectivity index (χ3v) is 6.84. The Morgan fingerprint density at radius 1 is 1.15 bits per heavy atom. The molecule has 7 heteroatoms. The lowest BCUT2D eigenvalue weighted by Crippen LogP contribution is -2.54. The summed E-state index contributed by atoms with van der Waals surface area (Å²) in [7, 11) is 1.58. The predicted molar refractivity (Wildman–Crippen MR) is 140 cm³/mol. The maximum Gasteiger partial charge on any atom is 0.270 e. The molecule has 1 unspecified atom stereocenters. The van der Waals surface area contributed by atoms with Gasteiger partial charge in [0.1, 0.15) is 11.3 Å². The lowest BCUT2D eigenvalue weighted by molar-refractivity contribution is -0.122. The summed E-state index contributed by atoms with van der Waals surface area (Å²) in [6.07, 6.45) is 2.68. The molecule has 6 nitrogen and oxygen atoms in total. The van der Waals surface area contributed by atoms with Crippen molar-refractivity contribution >= 4 is 46.6 Å². The summed E-state index contributed by atoms with van der Waals surface area (Å²) in [6.45, 7) is 11.2. The predicted octanol–water partition coefficient (Wildman–Crippen LogP) is 5.03. The third kappa shape index (κ3) is 4.20. The molecule has 4 rings (SSSR count). The van der Waals surface area contributed by atoms with Crippen LogP contribution in [0.5, 0.6) is 5.75 Å². The second-order valence-electron chi connectivity index (χ2n) is 9.86. The summed E-state index contributed by atoms with van der Waals surface area (Å²) >= 11 is 5.31. The van der Waals surface area contributed by atoms with E-state index in [1.165, 1.54) is 16.2 Å². The van der Waals surface area contributed by atoms with E-state index in [1.54, 1.807) is 37.5 Å². The molecule has 2 aromatic rings. The van der Waals surface area contributed by atoms with Crippen LogP contribution in [0.25, 0.3) is 6.08 Å². The summed E-state index contributed by atoms with van der Waals surface area (Å²) in [5, 5.41) is 2.71. The van der Waals surface area contributed by atoms with Gasteiger partial charge in [-0.3, -0.25) is 19.8 Å². The SMILES string of the molecule is COc1ccc(N2C(=O)/C(=C/c3ccc4c(c3)C(C)CC(C)(C)N4C(C)C)C(=O)NC2=S)cc1. The number of carbonyl (C=O) groups excluding carboxylic acids is 2. The summed E-state index contributed by atoms with van der Waals surface area (Å²) < 4.78 is 5.20. The minimum absolute atomic E-state index is 0.0499. The number of ether oxygens (including phenoxy) is 1. The first-order chi connectivity index (χ1) is 16.0. The van der Waals surface area contributed by atoms with Crippen molar-refractivity contribution in [2.75, 3.05) is 16.9 Å². The Morgan fingerprint density at radius 3 is 2.44 bits per heavy atom. The van der Waals surface area contributed by atoms with Crippen molar-refractivity contribution in [1.82, 2.24) is 5.32 Å². The molecule has 1 N–H and O–H groups in total. The van der Waals surface area contributed by atoms with Crippen LogP contribution in [0.1, 0.15) is 58.1 Å². The van der Waals surface area contributed by atoms with Crippen LogP contribution in [0.3, 0.4) is 0 Å². The normalized spacial score (nSPS) is 21.1. The Labute approximate surface area is 206 Å². The van der Waals surface area contributed by atoms with Gasteiger partial charge in [-0.05, 0) is 106 Å². The van der Waals surface area contributed by atoms with Gasteiger partial charge in [-0.2, -0.15) is 0 Å². The standard InChI is InChI=1S/C27H31N3O3S/c1-16(2)30-23-12-7-18(13-21(23)17(3)15-27(30,4)5)14-22-24(31)28-26(34)29(25(22)32)19-8-10-20(33-6)11-9-19/h7-14,16-17H,15H2,1-6H3,(H,28,31,34)/b22-14+. The number of anilines is 2. The molecule has 0 bridgehead atoms. The Kier molecular flexibility index (Phi) is 6.25. The number of hydrogen-bond donors (Lipinski definition) is 1. The van der Waals surface area contributed by atoms with E-state index in [1.807, 2.05) is 6.07 Å². The molecule has 34 heavy (non-hydrogen) atoms. The van der Waals surface area contributed by atoms with Crippen LogP contribution in [0.4, 0.5) is 11.4 Å². The summed E-state index contributed by atoms with van der Waals surface area (Å²) in [5.41, 5.74) is 3.92. The van der Waals surface area contributed by atoms with E-state index < -0.39 is 11.8 Å². The molecule has 0 aromatic heterocycles. The first-order valence-electron chi connectivity index (χ1n) is 11.5. The Bertz CT molecular complexity index is 1180. The Morgan fingerprint density at radius 2 is 1.82 bits per heavy atom. The van der Waals surface area contributed by atoms with Gasteiger partial charge in [0.05, 0.1) is 12.8 Å². The number of methoxy groups -OCH3 is 1. The largest absolute Gasteiger partial charge is 0.497 e. The molecule has 0 aliphatic carbocycles. The van der Waals surface area contributed by atoms with Crippen molar-refractivity contribution in [3.8, 4) is 5.75 Å². The van der Waals surface area contributed by atoms with Crippen LogP contribution in [0.15, 0.2) is 48.0 Å². The number of nitrogens with one attached hydrogen (secondary N) is 1. The summed E-state index contributed by atoms with van der Waals surface area (Å²) in [5.74, 6) is 0.0865. The number of thiocarbonyl (C=S) groups is 1. The van der Waals surface area contributed by atoms with Crippen molar-refractivity contribution in [3.63, 3.8) is 0 Å². The second kappa shape index (κ2) is 8.87. The van der Waals surface area contributed by atoms with Crippen LogP contribution < -0.4 is 19.9 Å². The van der Waals surface area contributed by atoms with Crippen LogP contribution >= 0.6 is 12.2 Å². The highest BCUT2D eigenvalue weighted by Gasteiger charge is 2.38. The Hall–Kier alpha value is -3.19. The van der Waals surface area contributed by atoms with Gasteiger partial charge in [-0.15, -0.1) is 0 Å². The zero-order valence-electron chi connectivity index (χ0n) is 20.5. The lowest BCUT2D eigenvalue weighted by atomic mass is 9.78. The molecule has 2 amide bonds. The molecule has 2 aromatic carbocycles. The molecule has 1 fully saturated rings. The molecule has 178 valence electrons. The monoisotopic (exact) mass is 477 g/mol. The van der Waals surface area contributed by atoms with Crippen LogP contribution in [0, 0.1) is 0 Å². The van der Waals surface area contributed by atoms with Gasteiger partial charge >= 0.3 is 0 Å². The van der Waals surface area contributed by atoms with Crippen molar-refractivity contribution < 1.29 is 14.3 Å². The smallest absolute Gasteiger partial charge is 0.270 e. The number of carbonyl (C=O) groups is 2. The number of fused-ring (bicyclic) bond motifs is 1. The van der Waals surface area contributed by atoms with Crippen molar-refractivity contribution in [2.24, 2.45) is 0 Å². The van der Waals surface area contributed by atoms with E-state index in [-0.39, 0.29) is 16.2 Å². The fraction of sp³-hybridized carbons (Fsp3) is 0.370. The average molecular weight is 478 g/mol. The minimum Gasteiger partial charge on any atom is -0.497 e. The first-order valence-corrected chi connectivity index (χ1v) is 11.9. The molecule has 1 atom stereocenters. The highest BCUT2D eigenvalue weighted by Crippen LogP contribution is 2.44. The maximum atomic E-state index is 13.4.